The smallest absolute Gasteiger partial charge is 0.411 e. The molecular weight excluding hydrogens is 388 g/mol. The monoisotopic (exact) mass is 412 g/mol. The van der Waals surface area contributed by atoms with E-state index in [2.05, 4.69) is 15.0 Å². The molecule has 0 radical (unpaired) electrons. The van der Waals surface area contributed by atoms with Crippen molar-refractivity contribution in [3.05, 3.63) is 11.4 Å². The molecule has 1 saturated heterocycles. The summed E-state index contributed by atoms with van der Waals surface area (Å²) in [5.74, 6) is -2.38. The second kappa shape index (κ2) is 8.45. The van der Waals surface area contributed by atoms with Crippen LogP contribution in [0.3, 0.4) is 0 Å². The minimum Gasteiger partial charge on any atom is -0.467 e. The first-order valence-corrected chi connectivity index (χ1v) is 8.73. The Morgan fingerprint density at radius 2 is 1.62 bits per heavy atom. The third kappa shape index (κ3) is 4.63. The van der Waals surface area contributed by atoms with Crippen molar-refractivity contribution in [3.8, 4) is 0 Å². The molecule has 2 heterocycles. The summed E-state index contributed by atoms with van der Waals surface area (Å²) < 4.78 is 20.6. The molecule has 160 valence electrons. The number of ether oxygens (including phenoxy) is 4. The Morgan fingerprint density at radius 3 is 2.14 bits per heavy atom. The van der Waals surface area contributed by atoms with Gasteiger partial charge in [0.25, 0.3) is 0 Å². The lowest BCUT2D eigenvalue weighted by Gasteiger charge is -2.27. The zero-order valence-electron chi connectivity index (χ0n) is 17.1. The molecule has 1 aromatic heterocycles. The lowest BCUT2D eigenvalue weighted by Crippen LogP contribution is -2.43. The van der Waals surface area contributed by atoms with Crippen molar-refractivity contribution < 1.29 is 38.1 Å². The summed E-state index contributed by atoms with van der Waals surface area (Å²) >= 11 is 0. The minimum atomic E-state index is -0.962. The molecule has 1 aliphatic rings. The van der Waals surface area contributed by atoms with Gasteiger partial charge in [-0.1, -0.05) is 5.21 Å². The summed E-state index contributed by atoms with van der Waals surface area (Å²) in [7, 11) is 3.47. The molecule has 0 aliphatic carbocycles. The normalized spacial score (nSPS) is 18.9. The molecule has 0 bridgehead atoms. The Morgan fingerprint density at radius 1 is 1.00 bits per heavy atom. The Balaban J connectivity index is 2.42. The summed E-state index contributed by atoms with van der Waals surface area (Å²) in [5, 5.41) is 7.56. The van der Waals surface area contributed by atoms with Gasteiger partial charge < -0.3 is 18.9 Å². The van der Waals surface area contributed by atoms with E-state index in [0.717, 1.165) is 18.9 Å². The van der Waals surface area contributed by atoms with Gasteiger partial charge >= 0.3 is 24.0 Å². The van der Waals surface area contributed by atoms with Crippen LogP contribution in [0.1, 0.15) is 54.2 Å². The van der Waals surface area contributed by atoms with Gasteiger partial charge in [0.05, 0.1) is 27.4 Å². The van der Waals surface area contributed by atoms with Crippen molar-refractivity contribution in [1.82, 2.24) is 19.9 Å². The topological polar surface area (TPSA) is 139 Å². The highest BCUT2D eigenvalue weighted by atomic mass is 16.6. The second-order valence-electron chi connectivity index (χ2n) is 7.28. The predicted molar refractivity (Wildman–Crippen MR) is 95.1 cm³/mol. The average Bonchev–Trinajstić information content (AvgIpc) is 3.29. The molecule has 1 aromatic rings. The van der Waals surface area contributed by atoms with Crippen molar-refractivity contribution in [1.29, 1.82) is 0 Å². The SMILES string of the molecule is COC(=O)c1nnn(C2CC(C(=O)OC)N(C(=O)OC(C)(C)C)C2)c1C(=O)OC. The number of nitrogens with zero attached hydrogens (tertiary/aromatic N) is 4. The fourth-order valence-corrected chi connectivity index (χ4v) is 2.94. The number of hydrogen-bond donors (Lipinski definition) is 0. The molecule has 2 atom stereocenters. The van der Waals surface area contributed by atoms with Gasteiger partial charge in [-0.2, -0.15) is 0 Å². The lowest BCUT2D eigenvalue weighted by atomic mass is 10.1. The molecular formula is C17H24N4O8. The molecule has 1 amide bonds. The van der Waals surface area contributed by atoms with E-state index in [4.69, 9.17) is 14.2 Å². The summed E-state index contributed by atoms with van der Waals surface area (Å²) in [6, 6.07) is -1.62. The highest BCUT2D eigenvalue weighted by Gasteiger charge is 2.45. The molecule has 2 rings (SSSR count). The summed E-state index contributed by atoms with van der Waals surface area (Å²) in [4.78, 5) is 50.2. The van der Waals surface area contributed by atoms with Gasteiger partial charge in [0.1, 0.15) is 11.6 Å². The van der Waals surface area contributed by atoms with E-state index >= 15 is 0 Å². The van der Waals surface area contributed by atoms with E-state index in [9.17, 15) is 19.2 Å². The molecule has 1 fully saturated rings. The van der Waals surface area contributed by atoms with Gasteiger partial charge in [0.2, 0.25) is 5.69 Å². The maximum atomic E-state index is 12.6. The second-order valence-corrected chi connectivity index (χ2v) is 7.28. The number of rotatable bonds is 4. The van der Waals surface area contributed by atoms with E-state index < -0.39 is 41.7 Å². The largest absolute Gasteiger partial charge is 0.467 e. The molecule has 1 aliphatic heterocycles. The Kier molecular flexibility index (Phi) is 6.44. The van der Waals surface area contributed by atoms with Crippen molar-refractivity contribution in [2.75, 3.05) is 27.9 Å². The average molecular weight is 412 g/mol. The van der Waals surface area contributed by atoms with Crippen molar-refractivity contribution in [2.45, 2.75) is 44.9 Å². The Labute approximate surface area is 167 Å². The van der Waals surface area contributed by atoms with Crippen molar-refractivity contribution in [3.63, 3.8) is 0 Å². The highest BCUT2D eigenvalue weighted by Crippen LogP contribution is 2.31. The van der Waals surface area contributed by atoms with Gasteiger partial charge in [-0.25, -0.2) is 23.9 Å². The number of esters is 3. The number of aromatic nitrogens is 3. The fraction of sp³-hybridized carbons (Fsp3) is 0.647. The van der Waals surface area contributed by atoms with Gasteiger partial charge in [-0.3, -0.25) is 4.90 Å². The number of likely N-dealkylation sites (tertiary alicyclic amines) is 1. The third-order valence-corrected chi connectivity index (χ3v) is 4.18. The Bertz CT molecular complexity index is 813. The zero-order valence-corrected chi connectivity index (χ0v) is 17.1. The number of amides is 1. The maximum Gasteiger partial charge on any atom is 0.411 e. The van der Waals surface area contributed by atoms with Crippen LogP contribution in [0.25, 0.3) is 0 Å². The minimum absolute atomic E-state index is 0.0252. The molecule has 12 heteroatoms. The zero-order chi connectivity index (χ0) is 21.9. The van der Waals surface area contributed by atoms with Gasteiger partial charge in [-0.05, 0) is 20.8 Å². The standard InChI is InChI=1S/C17H24N4O8/c1-17(2,3)29-16(25)20-8-9(7-10(20)13(22)26-4)21-12(15(24)28-6)11(18-19-21)14(23)27-5/h9-10H,7-8H2,1-6H3. The highest BCUT2D eigenvalue weighted by molar-refractivity contribution is 6.00. The molecule has 0 saturated carbocycles. The van der Waals surface area contributed by atoms with Gasteiger partial charge in [-0.15, -0.1) is 5.10 Å². The third-order valence-electron chi connectivity index (χ3n) is 4.18. The Hall–Kier alpha value is -3.18. The number of methoxy groups -OCH3 is 3. The van der Waals surface area contributed by atoms with Crippen LogP contribution >= 0.6 is 0 Å². The summed E-state index contributed by atoms with van der Waals surface area (Å²) in [5.41, 5.74) is -1.35. The first-order valence-electron chi connectivity index (χ1n) is 8.73. The van der Waals surface area contributed by atoms with Crippen LogP contribution < -0.4 is 0 Å². The number of carbonyl (C=O) groups is 4. The van der Waals surface area contributed by atoms with E-state index in [1.165, 1.54) is 12.0 Å². The van der Waals surface area contributed by atoms with E-state index in [1.807, 2.05) is 0 Å². The van der Waals surface area contributed by atoms with Gasteiger partial charge in [0.15, 0.2) is 5.69 Å². The van der Waals surface area contributed by atoms with Crippen LogP contribution in [0, 0.1) is 0 Å². The maximum absolute atomic E-state index is 12.6. The fourth-order valence-electron chi connectivity index (χ4n) is 2.94. The first kappa shape index (κ1) is 22.1. The first-order chi connectivity index (χ1) is 13.5. The molecule has 2 unspecified atom stereocenters. The van der Waals surface area contributed by atoms with Crippen molar-refractivity contribution in [2.24, 2.45) is 0 Å². The van der Waals surface area contributed by atoms with Crippen LogP contribution in [0.5, 0.6) is 0 Å². The number of hydrogen-bond acceptors (Lipinski definition) is 10. The summed E-state index contributed by atoms with van der Waals surface area (Å²) in [6.45, 7) is 5.06. The molecule has 0 spiro atoms. The lowest BCUT2D eigenvalue weighted by molar-refractivity contribution is -0.145. The van der Waals surface area contributed by atoms with E-state index in [0.29, 0.717) is 0 Å². The van der Waals surface area contributed by atoms with Crippen molar-refractivity contribution >= 4 is 24.0 Å². The van der Waals surface area contributed by atoms with Crippen LogP contribution in [0.2, 0.25) is 0 Å². The van der Waals surface area contributed by atoms with Crippen LogP contribution in [0.4, 0.5) is 4.79 Å². The molecule has 12 nitrogen and oxygen atoms in total. The van der Waals surface area contributed by atoms with E-state index in [-0.39, 0.29) is 24.4 Å². The number of carbonyl (C=O) groups excluding carboxylic acids is 4. The van der Waals surface area contributed by atoms with Crippen LogP contribution in [-0.4, -0.2) is 83.4 Å². The van der Waals surface area contributed by atoms with Crippen LogP contribution in [0.15, 0.2) is 0 Å². The quantitative estimate of drug-likeness (QED) is 0.509. The van der Waals surface area contributed by atoms with Crippen LogP contribution in [-0.2, 0) is 23.7 Å². The predicted octanol–water partition coefficient (Wildman–Crippen LogP) is 0.575. The van der Waals surface area contributed by atoms with Gasteiger partial charge in [0, 0.05) is 13.0 Å². The molecule has 0 aromatic carbocycles. The molecule has 0 N–H and O–H groups in total. The molecule has 29 heavy (non-hydrogen) atoms. The van der Waals surface area contributed by atoms with E-state index in [1.54, 1.807) is 20.8 Å². The summed E-state index contributed by atoms with van der Waals surface area (Å²) in [6.07, 6.45) is -0.650.